The zero-order valence-corrected chi connectivity index (χ0v) is 24.0. The third-order valence-corrected chi connectivity index (χ3v) is 8.59. The lowest BCUT2D eigenvalue weighted by molar-refractivity contribution is -0.674. The van der Waals surface area contributed by atoms with E-state index in [0.29, 0.717) is 0 Å². The Morgan fingerprint density at radius 1 is 0.829 bits per heavy atom. The molecule has 0 radical (unpaired) electrons. The Kier molecular flexibility index (Phi) is 6.47. The fourth-order valence-electron chi connectivity index (χ4n) is 6.37. The van der Waals surface area contributed by atoms with Crippen LogP contribution in [0, 0.1) is 0 Å². The first kappa shape index (κ1) is 25.4. The summed E-state index contributed by atoms with van der Waals surface area (Å²) in [5.74, 6) is 2.73. The van der Waals surface area contributed by atoms with Gasteiger partial charge in [0.1, 0.15) is 6.54 Å². The summed E-state index contributed by atoms with van der Waals surface area (Å²) in [5, 5.41) is 4.71. The van der Waals surface area contributed by atoms with E-state index in [9.17, 15) is 0 Å². The SMILES string of the molecule is CCN1C(=CC=C2CCCC(C=Cc3oc4c5ccccc5ccc4[n+]3CC)=C2C)Oc2c1ccc1ccccc21. The van der Waals surface area contributed by atoms with Gasteiger partial charge in [0.05, 0.1) is 11.8 Å². The zero-order valence-electron chi connectivity index (χ0n) is 24.0. The molecule has 0 atom stereocenters. The molecule has 4 nitrogen and oxygen atoms in total. The first-order valence-corrected chi connectivity index (χ1v) is 14.8. The first-order chi connectivity index (χ1) is 20.2. The van der Waals surface area contributed by atoms with Gasteiger partial charge in [0.2, 0.25) is 11.5 Å². The van der Waals surface area contributed by atoms with Crippen molar-refractivity contribution in [2.75, 3.05) is 11.4 Å². The average molecular weight is 540 g/mol. The Morgan fingerprint density at radius 2 is 1.59 bits per heavy atom. The highest BCUT2D eigenvalue weighted by atomic mass is 16.5. The molecule has 2 aliphatic rings. The molecule has 0 N–H and O–H groups in total. The molecule has 7 rings (SSSR count). The van der Waals surface area contributed by atoms with Crippen LogP contribution in [0.15, 0.2) is 118 Å². The Hall–Kier alpha value is -4.57. The molecule has 0 amide bonds. The van der Waals surface area contributed by atoms with Gasteiger partial charge in [0, 0.05) is 23.4 Å². The van der Waals surface area contributed by atoms with Crippen LogP contribution >= 0.6 is 0 Å². The number of aryl methyl sites for hydroxylation is 1. The van der Waals surface area contributed by atoms with Crippen molar-refractivity contribution < 1.29 is 13.7 Å². The first-order valence-electron chi connectivity index (χ1n) is 14.8. The van der Waals surface area contributed by atoms with Crippen molar-refractivity contribution in [3.05, 3.63) is 120 Å². The molecule has 0 spiro atoms. The van der Waals surface area contributed by atoms with Gasteiger partial charge < -0.3 is 14.1 Å². The largest absolute Gasteiger partial charge is 0.438 e. The maximum absolute atomic E-state index is 6.46. The number of oxazole rings is 1. The Morgan fingerprint density at radius 3 is 2.39 bits per heavy atom. The van der Waals surface area contributed by atoms with Crippen molar-refractivity contribution >= 4 is 44.4 Å². The second kappa shape index (κ2) is 10.4. The van der Waals surface area contributed by atoms with Gasteiger partial charge in [-0.15, -0.1) is 0 Å². The van der Waals surface area contributed by atoms with Gasteiger partial charge in [-0.2, -0.15) is 4.57 Å². The summed E-state index contributed by atoms with van der Waals surface area (Å²) >= 11 is 0. The summed E-state index contributed by atoms with van der Waals surface area (Å²) < 4.78 is 15.2. The van der Waals surface area contributed by atoms with Gasteiger partial charge in [-0.3, -0.25) is 0 Å². The summed E-state index contributed by atoms with van der Waals surface area (Å²) in [7, 11) is 0. The minimum atomic E-state index is 0.855. The molecule has 0 saturated heterocycles. The molecule has 4 aromatic carbocycles. The van der Waals surface area contributed by atoms with Gasteiger partial charge in [-0.1, -0.05) is 60.7 Å². The molecular formula is C37H35N2O2+. The third-order valence-electron chi connectivity index (χ3n) is 8.59. The molecule has 204 valence electrons. The molecule has 0 bridgehead atoms. The predicted octanol–water partition coefficient (Wildman–Crippen LogP) is 9.25. The van der Waals surface area contributed by atoms with Crippen LogP contribution in [0.1, 0.15) is 45.9 Å². The summed E-state index contributed by atoms with van der Waals surface area (Å²) in [6.45, 7) is 8.30. The number of ether oxygens (including phenoxy) is 1. The van der Waals surface area contributed by atoms with Gasteiger partial charge >= 0.3 is 5.89 Å². The van der Waals surface area contributed by atoms with Gasteiger partial charge in [0.15, 0.2) is 5.75 Å². The number of nitrogens with zero attached hydrogens (tertiary/aromatic N) is 2. The average Bonchev–Trinajstić information content (AvgIpc) is 3.57. The molecule has 2 heterocycles. The molecule has 41 heavy (non-hydrogen) atoms. The highest BCUT2D eigenvalue weighted by Gasteiger charge is 2.27. The van der Waals surface area contributed by atoms with E-state index in [2.05, 4.69) is 127 Å². The van der Waals surface area contributed by atoms with E-state index >= 15 is 0 Å². The molecular weight excluding hydrogens is 504 g/mol. The number of hydrogen-bond donors (Lipinski definition) is 0. The summed E-state index contributed by atoms with van der Waals surface area (Å²) in [6.07, 6.45) is 12.1. The molecule has 4 heteroatoms. The quantitative estimate of drug-likeness (QED) is 0.209. The number of aromatic nitrogens is 1. The van der Waals surface area contributed by atoms with Crippen molar-refractivity contribution in [2.45, 2.75) is 46.6 Å². The summed E-state index contributed by atoms with van der Waals surface area (Å²) in [5.41, 5.74) is 7.30. The molecule has 0 saturated carbocycles. The van der Waals surface area contributed by atoms with Crippen LogP contribution in [0.3, 0.4) is 0 Å². The van der Waals surface area contributed by atoms with E-state index in [1.54, 1.807) is 0 Å². The van der Waals surface area contributed by atoms with E-state index in [0.717, 1.165) is 77.4 Å². The van der Waals surface area contributed by atoms with E-state index in [1.165, 1.54) is 27.5 Å². The van der Waals surface area contributed by atoms with E-state index in [1.807, 2.05) is 0 Å². The van der Waals surface area contributed by atoms with E-state index in [-0.39, 0.29) is 0 Å². The highest BCUT2D eigenvalue weighted by molar-refractivity contribution is 6.02. The molecule has 5 aromatic rings. The van der Waals surface area contributed by atoms with Gasteiger partial charge in [-0.05, 0) is 91.8 Å². The second-order valence-electron chi connectivity index (χ2n) is 10.8. The van der Waals surface area contributed by atoms with Crippen molar-refractivity contribution in [2.24, 2.45) is 0 Å². The maximum Gasteiger partial charge on any atom is 0.374 e. The lowest BCUT2D eigenvalue weighted by atomic mass is 9.87. The highest BCUT2D eigenvalue weighted by Crippen LogP contribution is 2.44. The molecule has 1 aliphatic heterocycles. The summed E-state index contributed by atoms with van der Waals surface area (Å²) in [6, 6.07) is 25.6. The second-order valence-corrected chi connectivity index (χ2v) is 10.8. The van der Waals surface area contributed by atoms with Crippen molar-refractivity contribution in [1.82, 2.24) is 0 Å². The standard InChI is InChI=1S/C37H35N2O2/c1-4-38-32-21-17-28-11-6-8-15-30(28)36(32)40-34(38)23-19-26-13-10-14-27(25(26)3)20-24-35-39(5-2)33-22-18-29-12-7-9-16-31(29)37(33)41-35/h6-9,11-12,15-24H,4-5,10,13-14H2,1-3H3/q+1. The number of benzene rings is 4. The van der Waals surface area contributed by atoms with E-state index < -0.39 is 0 Å². The number of fused-ring (bicyclic) bond motifs is 6. The Labute approximate surface area is 241 Å². The van der Waals surface area contributed by atoms with Crippen LogP contribution in [-0.4, -0.2) is 6.54 Å². The monoisotopic (exact) mass is 539 g/mol. The van der Waals surface area contributed by atoms with Crippen LogP contribution in [0.25, 0.3) is 38.7 Å². The minimum Gasteiger partial charge on any atom is -0.438 e. The number of rotatable bonds is 5. The number of allylic oxidation sites excluding steroid dienone is 6. The van der Waals surface area contributed by atoms with E-state index in [4.69, 9.17) is 9.15 Å². The van der Waals surface area contributed by atoms with Crippen LogP contribution in [0.5, 0.6) is 5.75 Å². The maximum atomic E-state index is 6.46. The van der Waals surface area contributed by atoms with Crippen molar-refractivity contribution in [3.8, 4) is 5.75 Å². The van der Waals surface area contributed by atoms with Gasteiger partial charge in [0.25, 0.3) is 5.52 Å². The Balaban J connectivity index is 1.20. The lowest BCUT2D eigenvalue weighted by Gasteiger charge is -2.19. The van der Waals surface area contributed by atoms with Crippen molar-refractivity contribution in [1.29, 1.82) is 0 Å². The number of hydrogen-bond acceptors (Lipinski definition) is 3. The van der Waals surface area contributed by atoms with Crippen LogP contribution in [0.4, 0.5) is 5.69 Å². The number of anilines is 1. The van der Waals surface area contributed by atoms with Crippen LogP contribution in [0.2, 0.25) is 0 Å². The third kappa shape index (κ3) is 4.35. The normalized spacial score (nSPS) is 17.6. The smallest absolute Gasteiger partial charge is 0.374 e. The van der Waals surface area contributed by atoms with Crippen LogP contribution in [-0.2, 0) is 6.54 Å². The molecule has 1 aliphatic carbocycles. The lowest BCUT2D eigenvalue weighted by Crippen LogP contribution is -2.33. The topological polar surface area (TPSA) is 29.5 Å². The Bertz CT molecular complexity index is 1940. The predicted molar refractivity (Wildman–Crippen MR) is 169 cm³/mol. The zero-order chi connectivity index (χ0) is 27.9. The fourth-order valence-corrected chi connectivity index (χ4v) is 6.37. The molecule has 0 fully saturated rings. The molecule has 1 aromatic heterocycles. The van der Waals surface area contributed by atoms with Crippen molar-refractivity contribution in [3.63, 3.8) is 0 Å². The van der Waals surface area contributed by atoms with Crippen LogP contribution < -0.4 is 14.2 Å². The summed E-state index contributed by atoms with van der Waals surface area (Å²) in [4.78, 5) is 2.26. The fraction of sp³-hybridized carbons (Fsp3) is 0.216. The van der Waals surface area contributed by atoms with Gasteiger partial charge in [-0.25, -0.2) is 0 Å². The minimum absolute atomic E-state index is 0.855. The molecule has 0 unspecified atom stereocenters.